The monoisotopic (exact) mass is 328 g/mol. The fourth-order valence-electron chi connectivity index (χ4n) is 2.52. The summed E-state index contributed by atoms with van der Waals surface area (Å²) >= 11 is 3.60. The highest BCUT2D eigenvalue weighted by atomic mass is 79.9. The number of hydrogen-bond acceptors (Lipinski definition) is 3. The maximum Gasteiger partial charge on any atom is 0.142 e. The first-order valence-electron chi connectivity index (χ1n) is 7.01. The lowest BCUT2D eigenvalue weighted by Gasteiger charge is -2.20. The fraction of sp³-hybridized carbons (Fsp3) is 0.714. The van der Waals surface area contributed by atoms with E-state index < -0.39 is 0 Å². The Morgan fingerprint density at radius 2 is 2.11 bits per heavy atom. The van der Waals surface area contributed by atoms with Crippen molar-refractivity contribution in [3.63, 3.8) is 0 Å². The van der Waals surface area contributed by atoms with E-state index in [2.05, 4.69) is 34.9 Å². The van der Waals surface area contributed by atoms with Crippen molar-refractivity contribution in [3.8, 4) is 0 Å². The van der Waals surface area contributed by atoms with Gasteiger partial charge in [0.15, 0.2) is 0 Å². The Morgan fingerprint density at radius 3 is 2.68 bits per heavy atom. The average Bonchev–Trinajstić information content (AvgIpc) is 2.76. The Bertz CT molecular complexity index is 451. The minimum absolute atomic E-state index is 0.158. The number of halogens is 1. The van der Waals surface area contributed by atoms with Gasteiger partial charge in [-0.2, -0.15) is 5.10 Å². The zero-order valence-electron chi connectivity index (χ0n) is 11.6. The van der Waals surface area contributed by atoms with Gasteiger partial charge in [-0.05, 0) is 42.1 Å². The Kier molecular flexibility index (Phi) is 5.16. The minimum Gasteiger partial charge on any atom is -0.381 e. The van der Waals surface area contributed by atoms with E-state index >= 15 is 0 Å². The molecule has 1 aromatic rings. The highest BCUT2D eigenvalue weighted by Gasteiger charge is 2.24. The van der Waals surface area contributed by atoms with Gasteiger partial charge in [-0.15, -0.1) is 0 Å². The molecule has 106 valence electrons. The van der Waals surface area contributed by atoms with Gasteiger partial charge in [-0.3, -0.25) is 9.48 Å². The fourth-order valence-corrected chi connectivity index (χ4v) is 3.22. The molecular formula is C14H21BrN2O2. The molecule has 1 aliphatic rings. The predicted molar refractivity (Wildman–Crippen MR) is 77.2 cm³/mol. The summed E-state index contributed by atoms with van der Waals surface area (Å²) in [4.78, 5) is 12.4. The Hall–Kier alpha value is -0.680. The van der Waals surface area contributed by atoms with Gasteiger partial charge in [0.2, 0.25) is 0 Å². The second-order valence-corrected chi connectivity index (χ2v) is 5.70. The molecule has 0 spiro atoms. The molecule has 0 amide bonds. The van der Waals surface area contributed by atoms with Gasteiger partial charge >= 0.3 is 0 Å². The van der Waals surface area contributed by atoms with Gasteiger partial charge in [0.25, 0.3) is 0 Å². The smallest absolute Gasteiger partial charge is 0.142 e. The van der Waals surface area contributed by atoms with Crippen LogP contribution in [0.1, 0.15) is 38.1 Å². The molecule has 5 heteroatoms. The molecule has 1 aromatic heterocycles. The van der Waals surface area contributed by atoms with Crippen molar-refractivity contribution < 1.29 is 9.53 Å². The quantitative estimate of drug-likeness (QED) is 0.834. The molecular weight excluding hydrogens is 308 g/mol. The van der Waals surface area contributed by atoms with Crippen LogP contribution >= 0.6 is 15.9 Å². The van der Waals surface area contributed by atoms with Crippen LogP contribution in [0.2, 0.25) is 0 Å². The maximum atomic E-state index is 12.4. The molecule has 2 rings (SSSR count). The molecule has 1 fully saturated rings. The summed E-state index contributed by atoms with van der Waals surface area (Å²) in [6.07, 6.45) is 3.08. The van der Waals surface area contributed by atoms with Gasteiger partial charge in [0.1, 0.15) is 5.78 Å². The summed E-state index contributed by atoms with van der Waals surface area (Å²) in [5.41, 5.74) is 2.06. The highest BCUT2D eigenvalue weighted by Crippen LogP contribution is 2.25. The third-order valence-electron chi connectivity index (χ3n) is 3.71. The number of ether oxygens (including phenoxy) is 1. The van der Waals surface area contributed by atoms with Crippen LogP contribution in [0.15, 0.2) is 4.47 Å². The SMILES string of the molecule is CCc1nn(CC)c(CC(=O)C2CCOCC2)c1Br. The zero-order chi connectivity index (χ0) is 13.8. The first-order chi connectivity index (χ1) is 9.17. The molecule has 0 aromatic carbocycles. The summed E-state index contributed by atoms with van der Waals surface area (Å²) in [7, 11) is 0. The number of aryl methyl sites for hydroxylation is 2. The second kappa shape index (κ2) is 6.66. The van der Waals surface area contributed by atoms with Gasteiger partial charge < -0.3 is 4.74 Å². The van der Waals surface area contributed by atoms with E-state index in [-0.39, 0.29) is 5.92 Å². The van der Waals surface area contributed by atoms with E-state index in [1.54, 1.807) is 0 Å². The minimum atomic E-state index is 0.158. The predicted octanol–water partition coefficient (Wildman–Crippen LogP) is 2.77. The van der Waals surface area contributed by atoms with Gasteiger partial charge in [-0.25, -0.2) is 0 Å². The van der Waals surface area contributed by atoms with E-state index in [4.69, 9.17) is 4.74 Å². The van der Waals surface area contributed by atoms with Crippen molar-refractivity contribution in [2.75, 3.05) is 13.2 Å². The van der Waals surface area contributed by atoms with Gasteiger partial charge in [0, 0.05) is 32.1 Å². The normalized spacial score (nSPS) is 16.8. The summed E-state index contributed by atoms with van der Waals surface area (Å²) in [6.45, 7) is 6.36. The van der Waals surface area contributed by atoms with Crippen LogP contribution in [0.5, 0.6) is 0 Å². The lowest BCUT2D eigenvalue weighted by Crippen LogP contribution is -2.25. The van der Waals surface area contributed by atoms with Crippen molar-refractivity contribution >= 4 is 21.7 Å². The molecule has 0 unspecified atom stereocenters. The number of nitrogens with zero attached hydrogens (tertiary/aromatic N) is 2. The average molecular weight is 329 g/mol. The molecule has 0 N–H and O–H groups in total. The van der Waals surface area contributed by atoms with E-state index in [9.17, 15) is 4.79 Å². The molecule has 1 saturated heterocycles. The zero-order valence-corrected chi connectivity index (χ0v) is 13.2. The van der Waals surface area contributed by atoms with Gasteiger partial charge in [-0.1, -0.05) is 6.92 Å². The molecule has 4 nitrogen and oxygen atoms in total. The van der Waals surface area contributed by atoms with Crippen LogP contribution < -0.4 is 0 Å². The molecule has 0 aliphatic carbocycles. The largest absolute Gasteiger partial charge is 0.381 e. The standard InChI is InChI=1S/C14H21BrN2O2/c1-3-11-14(15)12(17(4-2)16-11)9-13(18)10-5-7-19-8-6-10/h10H,3-9H2,1-2H3. The number of aromatic nitrogens is 2. The number of rotatable bonds is 5. The number of ketones is 1. The van der Waals surface area contributed by atoms with E-state index in [0.29, 0.717) is 25.4 Å². The van der Waals surface area contributed by atoms with Gasteiger partial charge in [0.05, 0.1) is 15.9 Å². The molecule has 0 atom stereocenters. The Balaban J connectivity index is 2.13. The molecule has 1 aliphatic heterocycles. The van der Waals surface area contributed by atoms with E-state index in [0.717, 1.165) is 41.7 Å². The number of carbonyl (C=O) groups excluding carboxylic acids is 1. The molecule has 2 heterocycles. The first-order valence-corrected chi connectivity index (χ1v) is 7.81. The number of Topliss-reactive ketones (excluding diaryl/α,β-unsaturated/α-hetero) is 1. The lowest BCUT2D eigenvalue weighted by molar-refractivity contribution is -0.125. The molecule has 0 bridgehead atoms. The molecule has 0 saturated carbocycles. The van der Waals surface area contributed by atoms with Crippen molar-refractivity contribution in [2.45, 2.75) is 46.1 Å². The molecule has 19 heavy (non-hydrogen) atoms. The maximum absolute atomic E-state index is 12.4. The highest BCUT2D eigenvalue weighted by molar-refractivity contribution is 9.10. The summed E-state index contributed by atoms with van der Waals surface area (Å²) in [5.74, 6) is 0.479. The van der Waals surface area contributed by atoms with Crippen molar-refractivity contribution in [3.05, 3.63) is 15.9 Å². The first kappa shape index (κ1) is 14.7. The van der Waals surface area contributed by atoms with Crippen molar-refractivity contribution in [1.82, 2.24) is 9.78 Å². The lowest BCUT2D eigenvalue weighted by atomic mass is 9.92. The van der Waals surface area contributed by atoms with Crippen LogP contribution in [0.25, 0.3) is 0 Å². The van der Waals surface area contributed by atoms with Crippen molar-refractivity contribution in [2.24, 2.45) is 5.92 Å². The number of carbonyl (C=O) groups is 1. The summed E-state index contributed by atoms with van der Waals surface area (Å²) in [6, 6.07) is 0. The topological polar surface area (TPSA) is 44.1 Å². The number of hydrogen-bond donors (Lipinski definition) is 0. The van der Waals surface area contributed by atoms with Crippen LogP contribution in [0.3, 0.4) is 0 Å². The summed E-state index contributed by atoms with van der Waals surface area (Å²) in [5, 5.41) is 4.54. The van der Waals surface area contributed by atoms with Crippen LogP contribution in [-0.2, 0) is 28.9 Å². The Morgan fingerprint density at radius 1 is 1.42 bits per heavy atom. The Labute approximate surface area is 122 Å². The van der Waals surface area contributed by atoms with E-state index in [1.807, 2.05) is 4.68 Å². The third kappa shape index (κ3) is 3.26. The van der Waals surface area contributed by atoms with Crippen LogP contribution in [0, 0.1) is 5.92 Å². The second-order valence-electron chi connectivity index (χ2n) is 4.91. The van der Waals surface area contributed by atoms with Crippen molar-refractivity contribution in [1.29, 1.82) is 0 Å². The molecule has 0 radical (unpaired) electrons. The third-order valence-corrected chi connectivity index (χ3v) is 4.63. The summed E-state index contributed by atoms with van der Waals surface area (Å²) < 4.78 is 8.27. The van der Waals surface area contributed by atoms with E-state index in [1.165, 1.54) is 0 Å². The van der Waals surface area contributed by atoms with Crippen LogP contribution in [0.4, 0.5) is 0 Å². The van der Waals surface area contributed by atoms with Crippen LogP contribution in [-0.4, -0.2) is 28.8 Å².